The van der Waals surface area contributed by atoms with Gasteiger partial charge in [-0.25, -0.2) is 0 Å². The average molecular weight is 330 g/mol. The fourth-order valence-electron chi connectivity index (χ4n) is 7.28. The maximum Gasteiger partial charge on any atom is 0.158 e. The van der Waals surface area contributed by atoms with E-state index in [0.717, 1.165) is 38.5 Å². The number of aliphatic hydroxyl groups excluding tert-OH is 1. The van der Waals surface area contributed by atoms with E-state index in [4.69, 9.17) is 0 Å². The van der Waals surface area contributed by atoms with E-state index in [0.29, 0.717) is 23.5 Å². The van der Waals surface area contributed by atoms with E-state index in [2.05, 4.69) is 13.8 Å². The number of hydrogen-bond acceptors (Lipinski definition) is 3. The summed E-state index contributed by atoms with van der Waals surface area (Å²) in [5.74, 6) is 2.35. The van der Waals surface area contributed by atoms with Crippen LogP contribution in [0, 0.1) is 34.5 Å². The summed E-state index contributed by atoms with van der Waals surface area (Å²) in [7, 11) is 0. The van der Waals surface area contributed by atoms with E-state index in [1.807, 2.05) is 6.08 Å². The first-order chi connectivity index (χ1) is 11.3. The first-order valence-electron chi connectivity index (χ1n) is 9.71. The molecule has 3 nitrogen and oxygen atoms in total. The highest BCUT2D eigenvalue weighted by Gasteiger charge is 2.61. The highest BCUT2D eigenvalue weighted by Crippen LogP contribution is 2.66. The normalized spacial score (nSPS) is 50.6. The highest BCUT2D eigenvalue weighted by molar-refractivity contribution is 5.92. The summed E-state index contributed by atoms with van der Waals surface area (Å²) >= 11 is 0. The Morgan fingerprint density at radius 3 is 2.62 bits per heavy atom. The van der Waals surface area contributed by atoms with Crippen LogP contribution in [0.25, 0.3) is 0 Å². The predicted molar refractivity (Wildman–Crippen MR) is 92.3 cm³/mol. The SMILES string of the molecule is CC(=O)[C@H]1CC[C@H]2[C@@H]3CCC4=CC(=O)CC(O)[C@@]4(C)[C@H]3CC[C@]12C. The summed E-state index contributed by atoms with van der Waals surface area (Å²) in [4.78, 5) is 24.1. The van der Waals surface area contributed by atoms with Crippen molar-refractivity contribution in [2.75, 3.05) is 0 Å². The fourth-order valence-corrected chi connectivity index (χ4v) is 7.28. The Morgan fingerprint density at radius 2 is 1.92 bits per heavy atom. The monoisotopic (exact) mass is 330 g/mol. The lowest BCUT2D eigenvalue weighted by atomic mass is 9.46. The Balaban J connectivity index is 1.70. The van der Waals surface area contributed by atoms with Crippen molar-refractivity contribution in [3.63, 3.8) is 0 Å². The van der Waals surface area contributed by atoms with Crippen LogP contribution >= 0.6 is 0 Å². The molecule has 0 aromatic heterocycles. The van der Waals surface area contributed by atoms with Gasteiger partial charge in [0.2, 0.25) is 0 Å². The predicted octanol–water partition coefficient (Wildman–Crippen LogP) is 3.69. The number of aliphatic hydroxyl groups is 1. The largest absolute Gasteiger partial charge is 0.392 e. The summed E-state index contributed by atoms with van der Waals surface area (Å²) in [6.07, 6.45) is 8.02. The third kappa shape index (κ3) is 2.00. The number of hydrogen-bond donors (Lipinski definition) is 1. The molecule has 4 aliphatic carbocycles. The van der Waals surface area contributed by atoms with E-state index < -0.39 is 6.10 Å². The van der Waals surface area contributed by atoms with Gasteiger partial charge < -0.3 is 5.11 Å². The van der Waals surface area contributed by atoms with Crippen LogP contribution in [0.2, 0.25) is 0 Å². The molecule has 3 heteroatoms. The Labute approximate surface area is 144 Å². The molecule has 0 amide bonds. The van der Waals surface area contributed by atoms with E-state index in [9.17, 15) is 14.7 Å². The van der Waals surface area contributed by atoms with Gasteiger partial charge in [0.25, 0.3) is 0 Å². The molecule has 0 aliphatic heterocycles. The zero-order chi connectivity index (χ0) is 17.3. The van der Waals surface area contributed by atoms with Crippen molar-refractivity contribution in [3.05, 3.63) is 11.6 Å². The van der Waals surface area contributed by atoms with Crippen molar-refractivity contribution >= 4 is 11.6 Å². The average Bonchev–Trinajstić information content (AvgIpc) is 2.86. The maximum absolute atomic E-state index is 12.2. The topological polar surface area (TPSA) is 54.4 Å². The van der Waals surface area contributed by atoms with Crippen molar-refractivity contribution in [2.45, 2.75) is 71.8 Å². The standard InChI is InChI=1S/C21H30O3/c1-12(22)16-6-7-17-15-5-4-13-10-14(23)11-19(24)21(13,3)18(15)8-9-20(16,17)2/h10,15-19,24H,4-9,11H2,1-3H3/t15-,16+,17-,18-,19?,20+,21+/m0/s1. The van der Waals surface area contributed by atoms with Crippen molar-refractivity contribution in [3.8, 4) is 0 Å². The molecular weight excluding hydrogens is 300 g/mol. The number of carbonyl (C=O) groups is 2. The molecule has 0 radical (unpaired) electrons. The summed E-state index contributed by atoms with van der Waals surface area (Å²) in [5, 5.41) is 10.8. The highest BCUT2D eigenvalue weighted by atomic mass is 16.3. The van der Waals surface area contributed by atoms with E-state index in [-0.39, 0.29) is 29.0 Å². The van der Waals surface area contributed by atoms with Crippen molar-refractivity contribution in [1.29, 1.82) is 0 Å². The van der Waals surface area contributed by atoms with Crippen LogP contribution in [0.5, 0.6) is 0 Å². The smallest absolute Gasteiger partial charge is 0.158 e. The minimum Gasteiger partial charge on any atom is -0.392 e. The van der Waals surface area contributed by atoms with Crippen molar-refractivity contribution in [1.82, 2.24) is 0 Å². The molecule has 7 atom stereocenters. The van der Waals surface area contributed by atoms with E-state index >= 15 is 0 Å². The molecule has 0 aromatic carbocycles. The van der Waals surface area contributed by atoms with Crippen LogP contribution in [0.4, 0.5) is 0 Å². The number of rotatable bonds is 1. The second-order valence-electron chi connectivity index (χ2n) is 9.34. The Hall–Kier alpha value is -0.960. The minimum absolute atomic E-state index is 0.0894. The van der Waals surface area contributed by atoms with Crippen LogP contribution in [0.15, 0.2) is 11.6 Å². The molecule has 0 bridgehead atoms. The molecule has 24 heavy (non-hydrogen) atoms. The molecule has 3 fully saturated rings. The fraction of sp³-hybridized carbons (Fsp3) is 0.810. The van der Waals surface area contributed by atoms with Crippen LogP contribution in [-0.2, 0) is 9.59 Å². The lowest BCUT2D eigenvalue weighted by Crippen LogP contribution is -2.55. The van der Waals surface area contributed by atoms with Gasteiger partial charge in [-0.2, -0.15) is 0 Å². The number of carbonyl (C=O) groups excluding carboxylic acids is 2. The lowest BCUT2D eigenvalue weighted by molar-refractivity contribution is -0.134. The molecule has 4 rings (SSSR count). The van der Waals surface area contributed by atoms with Gasteiger partial charge in [0, 0.05) is 17.8 Å². The van der Waals surface area contributed by atoms with Crippen LogP contribution in [0.1, 0.15) is 65.7 Å². The second-order valence-corrected chi connectivity index (χ2v) is 9.34. The summed E-state index contributed by atoms with van der Waals surface area (Å²) in [6.45, 7) is 6.32. The van der Waals surface area contributed by atoms with Crippen LogP contribution < -0.4 is 0 Å². The number of Topliss-reactive ketones (excluding diaryl/α,β-unsaturated/α-hetero) is 1. The van der Waals surface area contributed by atoms with Gasteiger partial charge in [0.1, 0.15) is 5.78 Å². The third-order valence-corrected chi connectivity index (χ3v) is 8.56. The zero-order valence-electron chi connectivity index (χ0n) is 15.2. The molecule has 0 heterocycles. The summed E-state index contributed by atoms with van der Waals surface area (Å²) in [6, 6.07) is 0. The first kappa shape index (κ1) is 16.5. The second kappa shape index (κ2) is 5.27. The molecule has 132 valence electrons. The van der Waals surface area contributed by atoms with Gasteiger partial charge in [-0.3, -0.25) is 9.59 Å². The summed E-state index contributed by atoms with van der Waals surface area (Å²) < 4.78 is 0. The number of fused-ring (bicyclic) bond motifs is 5. The van der Waals surface area contributed by atoms with Crippen molar-refractivity contribution in [2.24, 2.45) is 34.5 Å². The molecule has 4 aliphatic rings. The lowest BCUT2D eigenvalue weighted by Gasteiger charge is -2.59. The number of ketones is 2. The van der Waals surface area contributed by atoms with Gasteiger partial charge in [-0.15, -0.1) is 0 Å². The van der Waals surface area contributed by atoms with Gasteiger partial charge in [0.05, 0.1) is 6.10 Å². The Kier molecular flexibility index (Phi) is 3.62. The van der Waals surface area contributed by atoms with Gasteiger partial charge in [-0.05, 0) is 74.7 Å². The van der Waals surface area contributed by atoms with E-state index in [1.165, 1.54) is 5.57 Å². The molecule has 1 unspecified atom stereocenters. The molecular formula is C21H30O3. The first-order valence-corrected chi connectivity index (χ1v) is 9.71. The Bertz CT molecular complexity index is 621. The zero-order valence-corrected chi connectivity index (χ0v) is 15.2. The van der Waals surface area contributed by atoms with Crippen LogP contribution in [-0.4, -0.2) is 22.8 Å². The third-order valence-electron chi connectivity index (χ3n) is 8.56. The van der Waals surface area contributed by atoms with Gasteiger partial charge >= 0.3 is 0 Å². The van der Waals surface area contributed by atoms with Gasteiger partial charge in [0.15, 0.2) is 5.78 Å². The molecule has 3 saturated carbocycles. The maximum atomic E-state index is 12.2. The minimum atomic E-state index is -0.535. The van der Waals surface area contributed by atoms with Crippen molar-refractivity contribution < 1.29 is 14.7 Å². The summed E-state index contributed by atoms with van der Waals surface area (Å²) in [5.41, 5.74) is 1.11. The van der Waals surface area contributed by atoms with Crippen LogP contribution in [0.3, 0.4) is 0 Å². The molecule has 0 spiro atoms. The molecule has 1 N–H and O–H groups in total. The Morgan fingerprint density at radius 1 is 1.17 bits per heavy atom. The molecule has 0 saturated heterocycles. The molecule has 0 aromatic rings. The van der Waals surface area contributed by atoms with Gasteiger partial charge in [-0.1, -0.05) is 19.4 Å². The van der Waals surface area contributed by atoms with E-state index in [1.54, 1.807) is 6.92 Å². The quantitative estimate of drug-likeness (QED) is 0.797.